The molecule has 4 aromatic rings. The molecule has 0 spiro atoms. The van der Waals surface area contributed by atoms with Crippen LogP contribution < -0.4 is 4.74 Å². The fourth-order valence-electron chi connectivity index (χ4n) is 3.59. The van der Waals surface area contributed by atoms with Crippen LogP contribution in [0.1, 0.15) is 34.4 Å². The maximum Gasteiger partial charge on any atom is 0.256 e. The lowest BCUT2D eigenvalue weighted by atomic mass is 10.1. The fourth-order valence-corrected chi connectivity index (χ4v) is 5.10. The lowest BCUT2D eigenvalue weighted by molar-refractivity contribution is -0.111. The van der Waals surface area contributed by atoms with Gasteiger partial charge in [-0.2, -0.15) is 0 Å². The van der Waals surface area contributed by atoms with Gasteiger partial charge in [0.05, 0.1) is 6.61 Å². The van der Waals surface area contributed by atoms with E-state index in [1.165, 1.54) is 0 Å². The second kappa shape index (κ2) is 8.02. The Balaban J connectivity index is 1.44. The Hall–Kier alpha value is -2.42. The van der Waals surface area contributed by atoms with Gasteiger partial charge in [-0.05, 0) is 32.0 Å². The molecule has 152 valence electrons. The average Bonchev–Trinajstić information content (AvgIpc) is 3.15. The number of fused-ring (bicyclic) bond motifs is 2. The Labute approximate surface area is 186 Å². The van der Waals surface area contributed by atoms with Gasteiger partial charge in [0.1, 0.15) is 5.75 Å². The van der Waals surface area contributed by atoms with Gasteiger partial charge in [-0.25, -0.2) is 4.98 Å². The third-order valence-corrected chi connectivity index (χ3v) is 6.35. The summed E-state index contributed by atoms with van der Waals surface area (Å²) in [5, 5.41) is 9.39. The summed E-state index contributed by atoms with van der Waals surface area (Å²) < 4.78 is 15.2. The van der Waals surface area contributed by atoms with Gasteiger partial charge < -0.3 is 9.47 Å². The van der Waals surface area contributed by atoms with Gasteiger partial charge in [-0.3, -0.25) is 4.40 Å². The largest absolute Gasteiger partial charge is 0.460 e. The summed E-state index contributed by atoms with van der Waals surface area (Å²) in [5.41, 5.74) is 5.13. The minimum atomic E-state index is -0.410. The highest BCUT2D eigenvalue weighted by atomic mass is 79.9. The van der Waals surface area contributed by atoms with E-state index in [0.717, 1.165) is 43.5 Å². The van der Waals surface area contributed by atoms with Gasteiger partial charge in [0.2, 0.25) is 6.29 Å². The third-order valence-electron chi connectivity index (χ3n) is 4.91. The molecule has 0 bridgehead atoms. The van der Waals surface area contributed by atoms with Crippen LogP contribution in [0.4, 0.5) is 0 Å². The van der Waals surface area contributed by atoms with Crippen LogP contribution in [0.2, 0.25) is 0 Å². The molecule has 1 unspecified atom stereocenters. The number of nitrogens with zero attached hydrogens (tertiary/aromatic N) is 4. The highest BCUT2D eigenvalue weighted by Gasteiger charge is 2.25. The monoisotopic (exact) mass is 482 g/mol. The normalized spacial score (nSPS) is 15.8. The SMILES string of the molecule is Cc1cc(C)n2c(SCc3cc(Br)cc4c3OC(c3ccccc3)OC4)nnc2n1. The highest BCUT2D eigenvalue weighted by Crippen LogP contribution is 2.40. The molecule has 2 aromatic carbocycles. The molecule has 1 aliphatic rings. The van der Waals surface area contributed by atoms with Gasteiger partial charge in [0.15, 0.2) is 5.16 Å². The molecule has 0 fully saturated rings. The van der Waals surface area contributed by atoms with E-state index in [2.05, 4.69) is 37.2 Å². The van der Waals surface area contributed by atoms with Crippen molar-refractivity contribution in [1.82, 2.24) is 19.6 Å². The molecule has 0 radical (unpaired) electrons. The van der Waals surface area contributed by atoms with E-state index >= 15 is 0 Å². The van der Waals surface area contributed by atoms with Crippen LogP contribution in [-0.4, -0.2) is 19.6 Å². The number of benzene rings is 2. The van der Waals surface area contributed by atoms with Crippen molar-refractivity contribution in [3.8, 4) is 5.75 Å². The summed E-state index contributed by atoms with van der Waals surface area (Å²) in [7, 11) is 0. The summed E-state index contributed by atoms with van der Waals surface area (Å²) in [4.78, 5) is 4.47. The van der Waals surface area contributed by atoms with E-state index in [0.29, 0.717) is 18.1 Å². The number of hydrogen-bond donors (Lipinski definition) is 0. The predicted molar refractivity (Wildman–Crippen MR) is 119 cm³/mol. The second-order valence-electron chi connectivity index (χ2n) is 7.17. The molecule has 0 N–H and O–H groups in total. The molecule has 2 aromatic heterocycles. The molecular weight excluding hydrogens is 464 g/mol. The second-order valence-corrected chi connectivity index (χ2v) is 9.03. The van der Waals surface area contributed by atoms with E-state index < -0.39 is 6.29 Å². The lowest BCUT2D eigenvalue weighted by Gasteiger charge is -2.28. The van der Waals surface area contributed by atoms with Crippen LogP contribution in [0, 0.1) is 13.8 Å². The number of hydrogen-bond acceptors (Lipinski definition) is 6. The van der Waals surface area contributed by atoms with Gasteiger partial charge in [0.25, 0.3) is 5.78 Å². The van der Waals surface area contributed by atoms with Crippen molar-refractivity contribution in [2.45, 2.75) is 37.7 Å². The van der Waals surface area contributed by atoms with E-state index in [-0.39, 0.29) is 0 Å². The zero-order valence-electron chi connectivity index (χ0n) is 16.5. The van der Waals surface area contributed by atoms with E-state index in [9.17, 15) is 0 Å². The van der Waals surface area contributed by atoms with E-state index in [1.54, 1.807) is 11.8 Å². The minimum Gasteiger partial charge on any atom is -0.460 e. The van der Waals surface area contributed by atoms with E-state index in [1.807, 2.05) is 60.7 Å². The Morgan fingerprint density at radius 3 is 2.80 bits per heavy atom. The summed E-state index contributed by atoms with van der Waals surface area (Å²) >= 11 is 5.23. The number of thioether (sulfide) groups is 1. The predicted octanol–water partition coefficient (Wildman–Crippen LogP) is 5.40. The molecule has 1 atom stereocenters. The zero-order valence-corrected chi connectivity index (χ0v) is 18.9. The summed E-state index contributed by atoms with van der Waals surface area (Å²) in [6.45, 7) is 4.51. The van der Waals surface area contributed by atoms with Crippen molar-refractivity contribution in [2.75, 3.05) is 0 Å². The van der Waals surface area contributed by atoms with Crippen molar-refractivity contribution in [3.05, 3.63) is 81.1 Å². The summed E-state index contributed by atoms with van der Waals surface area (Å²) in [6.07, 6.45) is -0.410. The van der Waals surface area contributed by atoms with Crippen molar-refractivity contribution in [2.24, 2.45) is 0 Å². The maximum absolute atomic E-state index is 6.29. The number of ether oxygens (including phenoxy) is 2. The molecule has 0 saturated heterocycles. The van der Waals surface area contributed by atoms with Crippen LogP contribution in [0.25, 0.3) is 5.78 Å². The average molecular weight is 483 g/mol. The Morgan fingerprint density at radius 2 is 1.97 bits per heavy atom. The first-order valence-electron chi connectivity index (χ1n) is 9.55. The smallest absolute Gasteiger partial charge is 0.256 e. The molecule has 0 aliphatic carbocycles. The van der Waals surface area contributed by atoms with Gasteiger partial charge in [-0.1, -0.05) is 58.0 Å². The first kappa shape index (κ1) is 19.5. The number of halogens is 1. The van der Waals surface area contributed by atoms with Crippen molar-refractivity contribution in [3.63, 3.8) is 0 Å². The Bertz CT molecular complexity index is 1230. The first-order valence-corrected chi connectivity index (χ1v) is 11.3. The molecule has 3 heterocycles. The van der Waals surface area contributed by atoms with E-state index in [4.69, 9.17) is 9.47 Å². The third kappa shape index (κ3) is 3.71. The molecule has 0 amide bonds. The van der Waals surface area contributed by atoms with Gasteiger partial charge in [0, 0.05) is 38.3 Å². The van der Waals surface area contributed by atoms with Gasteiger partial charge >= 0.3 is 0 Å². The standard InChI is InChI=1S/C22H19BrN4O2S/c1-13-8-14(2)27-21(24-13)25-26-22(27)30-12-17-10-18(23)9-16-11-28-20(29-19(16)17)15-6-4-3-5-7-15/h3-10,20H,11-12H2,1-2H3. The quantitative estimate of drug-likeness (QED) is 0.362. The van der Waals surface area contributed by atoms with Crippen molar-refractivity contribution in [1.29, 1.82) is 0 Å². The molecular formula is C22H19BrN4O2S. The lowest BCUT2D eigenvalue weighted by Crippen LogP contribution is -2.19. The number of rotatable bonds is 4. The Kier molecular flexibility index (Phi) is 5.22. The molecule has 0 saturated carbocycles. The van der Waals surface area contributed by atoms with Crippen molar-refractivity contribution >= 4 is 33.5 Å². The molecule has 6 nitrogen and oxygen atoms in total. The van der Waals surface area contributed by atoms with Gasteiger partial charge in [-0.15, -0.1) is 10.2 Å². The van der Waals surface area contributed by atoms with Crippen LogP contribution in [0.5, 0.6) is 5.75 Å². The molecule has 1 aliphatic heterocycles. The van der Waals surface area contributed by atoms with Crippen LogP contribution in [0.3, 0.4) is 0 Å². The van der Waals surface area contributed by atoms with Crippen LogP contribution >= 0.6 is 27.7 Å². The molecule has 30 heavy (non-hydrogen) atoms. The highest BCUT2D eigenvalue weighted by molar-refractivity contribution is 9.10. The van der Waals surface area contributed by atoms with Crippen LogP contribution in [-0.2, 0) is 17.1 Å². The minimum absolute atomic E-state index is 0.410. The fraction of sp³-hybridized carbons (Fsp3) is 0.227. The zero-order chi connectivity index (χ0) is 20.7. The maximum atomic E-state index is 6.29. The Morgan fingerprint density at radius 1 is 1.13 bits per heavy atom. The molecule has 5 rings (SSSR count). The first-order chi connectivity index (χ1) is 14.6. The number of aromatic nitrogens is 4. The topological polar surface area (TPSA) is 61.5 Å². The summed E-state index contributed by atoms with van der Waals surface area (Å²) in [5.74, 6) is 2.20. The number of aryl methyl sites for hydroxylation is 2. The summed E-state index contributed by atoms with van der Waals surface area (Å²) in [6, 6.07) is 16.2. The molecule has 8 heteroatoms. The van der Waals surface area contributed by atoms with Crippen LogP contribution in [0.15, 0.2) is 58.2 Å². The van der Waals surface area contributed by atoms with Crippen molar-refractivity contribution < 1.29 is 9.47 Å².